The van der Waals surface area contributed by atoms with Crippen LogP contribution in [0, 0.1) is 41.9 Å². The van der Waals surface area contributed by atoms with Crippen LogP contribution in [0.4, 0.5) is 5.95 Å². The molecular weight excluding hydrogens is 482 g/mol. The Morgan fingerprint density at radius 2 is 2.11 bits per heavy atom. The monoisotopic (exact) mass is 513 g/mol. The summed E-state index contributed by atoms with van der Waals surface area (Å²) in [6, 6.07) is 4.45. The highest BCUT2D eigenvalue weighted by Crippen LogP contribution is 2.61. The SMILES string of the molecule is Cc1ccnc2[nH]nc(C3CCN(c4nc(OC[C@H]5C[C@H]5C#N)nc(C(=O)NC56CC(C5)[C@H]6C)n4)CC3)c12. The average molecular weight is 514 g/mol. The van der Waals surface area contributed by atoms with Crippen molar-refractivity contribution in [1.29, 1.82) is 5.26 Å². The number of carbonyl (C=O) groups excluding carboxylic acids is 1. The van der Waals surface area contributed by atoms with Gasteiger partial charge in [0.25, 0.3) is 5.91 Å². The first-order chi connectivity index (χ1) is 18.4. The van der Waals surface area contributed by atoms with Gasteiger partial charge < -0.3 is 15.0 Å². The number of amides is 1. The Hall–Kier alpha value is -3.81. The summed E-state index contributed by atoms with van der Waals surface area (Å²) >= 11 is 0. The zero-order chi connectivity index (χ0) is 26.0. The number of nitrogens with one attached hydrogen (secondary N) is 2. The highest BCUT2D eigenvalue weighted by molar-refractivity contribution is 5.91. The van der Waals surface area contributed by atoms with Crippen molar-refractivity contribution < 1.29 is 9.53 Å². The molecule has 5 aliphatic rings. The van der Waals surface area contributed by atoms with Gasteiger partial charge in [-0.3, -0.25) is 9.89 Å². The summed E-state index contributed by atoms with van der Waals surface area (Å²) in [5.41, 5.74) is 2.95. The lowest BCUT2D eigenvalue weighted by Crippen LogP contribution is -2.74. The number of aryl methyl sites for hydroxylation is 1. The number of ether oxygens (including phenoxy) is 1. The fraction of sp³-hybridized carbons (Fsp3) is 0.593. The molecule has 3 aromatic rings. The van der Waals surface area contributed by atoms with E-state index in [9.17, 15) is 4.79 Å². The summed E-state index contributed by atoms with van der Waals surface area (Å²) in [6.45, 7) is 6.10. The van der Waals surface area contributed by atoms with Gasteiger partial charge in [0.15, 0.2) is 5.65 Å². The molecule has 4 aliphatic carbocycles. The fourth-order valence-electron chi connectivity index (χ4n) is 6.44. The van der Waals surface area contributed by atoms with Crippen molar-refractivity contribution in [2.75, 3.05) is 24.6 Å². The maximum Gasteiger partial charge on any atom is 0.321 e. The van der Waals surface area contributed by atoms with Crippen LogP contribution in [0.25, 0.3) is 11.0 Å². The number of fused-ring (bicyclic) bond motifs is 1. The van der Waals surface area contributed by atoms with Gasteiger partial charge in [0.1, 0.15) is 0 Å². The standard InChI is InChI=1S/C27H31N9O2/c1-14-3-6-29-22-20(14)21(34-35-22)16-4-7-36(8-5-16)25-30-23(24(37)33-27-10-19(11-27)15(27)2)31-26(32-25)38-13-18-9-17(18)12-28/h3,6,15-19H,4-5,7-11,13H2,1-2H3,(H,33,37)(H,29,34,35)/t15-,17+,18-,19?,27?/m1/s1. The summed E-state index contributed by atoms with van der Waals surface area (Å²) in [4.78, 5) is 33.3. The van der Waals surface area contributed by atoms with Gasteiger partial charge >= 0.3 is 6.01 Å². The minimum Gasteiger partial charge on any atom is -0.463 e. The molecule has 38 heavy (non-hydrogen) atoms. The lowest BCUT2D eigenvalue weighted by molar-refractivity contribution is -0.118. The van der Waals surface area contributed by atoms with Crippen LogP contribution in [0.3, 0.4) is 0 Å². The minimum atomic E-state index is -0.273. The summed E-state index contributed by atoms with van der Waals surface area (Å²) in [5, 5.41) is 21.1. The van der Waals surface area contributed by atoms with Crippen LogP contribution in [0.1, 0.15) is 66.8 Å². The van der Waals surface area contributed by atoms with Gasteiger partial charge in [-0.15, -0.1) is 0 Å². The van der Waals surface area contributed by atoms with Crippen LogP contribution >= 0.6 is 0 Å². The summed E-state index contributed by atoms with van der Waals surface area (Å²) in [5.74, 6) is 2.02. The quantitative estimate of drug-likeness (QED) is 0.487. The third-order valence-corrected chi connectivity index (χ3v) is 9.38. The van der Waals surface area contributed by atoms with Crippen LogP contribution in [0.2, 0.25) is 0 Å². The van der Waals surface area contributed by atoms with E-state index in [0.29, 0.717) is 24.4 Å². The molecule has 0 unspecified atom stereocenters. The van der Waals surface area contributed by atoms with Crippen molar-refractivity contribution in [1.82, 2.24) is 35.5 Å². The molecule has 0 aromatic carbocycles. The number of nitriles is 1. The van der Waals surface area contributed by atoms with E-state index < -0.39 is 0 Å². The fourth-order valence-corrected chi connectivity index (χ4v) is 6.44. The van der Waals surface area contributed by atoms with Gasteiger partial charge in [-0.1, -0.05) is 6.92 Å². The van der Waals surface area contributed by atoms with Crippen LogP contribution < -0.4 is 15.0 Å². The molecule has 1 saturated heterocycles. The number of anilines is 1. The molecule has 3 atom stereocenters. The first-order valence-corrected chi connectivity index (χ1v) is 13.6. The summed E-state index contributed by atoms with van der Waals surface area (Å²) in [7, 11) is 0. The minimum absolute atomic E-state index is 0.0285. The van der Waals surface area contributed by atoms with Crippen molar-refractivity contribution in [3.8, 4) is 12.1 Å². The van der Waals surface area contributed by atoms with Crippen LogP contribution in [-0.2, 0) is 0 Å². The number of pyridine rings is 1. The van der Waals surface area contributed by atoms with Gasteiger partial charge in [-0.05, 0) is 62.5 Å². The van der Waals surface area contributed by atoms with E-state index in [0.717, 1.165) is 67.8 Å². The molecule has 11 heteroatoms. The Morgan fingerprint density at radius 3 is 2.79 bits per heavy atom. The van der Waals surface area contributed by atoms with E-state index in [-0.39, 0.29) is 35.1 Å². The van der Waals surface area contributed by atoms with Crippen LogP contribution in [-0.4, -0.2) is 61.3 Å². The molecule has 5 fully saturated rings. The van der Waals surface area contributed by atoms with Gasteiger partial charge in [-0.25, -0.2) is 4.98 Å². The van der Waals surface area contributed by atoms with E-state index >= 15 is 0 Å². The second kappa shape index (κ2) is 8.61. The number of hydrogen-bond acceptors (Lipinski definition) is 9. The normalized spacial score (nSPS) is 29.8. The van der Waals surface area contributed by atoms with Crippen molar-refractivity contribution in [3.05, 3.63) is 29.3 Å². The molecular formula is C27H31N9O2. The van der Waals surface area contributed by atoms with Crippen molar-refractivity contribution >= 4 is 22.9 Å². The molecule has 4 saturated carbocycles. The average Bonchev–Trinajstić information content (AvgIpc) is 3.56. The van der Waals surface area contributed by atoms with Gasteiger partial charge in [0, 0.05) is 42.0 Å². The number of piperidine rings is 1. The van der Waals surface area contributed by atoms with Crippen molar-refractivity contribution in [2.45, 2.75) is 57.4 Å². The molecule has 8 rings (SSSR count). The predicted octanol–water partition coefficient (Wildman–Crippen LogP) is 2.90. The molecule has 196 valence electrons. The predicted molar refractivity (Wildman–Crippen MR) is 137 cm³/mol. The van der Waals surface area contributed by atoms with Gasteiger partial charge in [0.05, 0.1) is 24.3 Å². The van der Waals surface area contributed by atoms with Crippen LogP contribution in [0.15, 0.2) is 12.3 Å². The molecule has 0 spiro atoms. The lowest BCUT2D eigenvalue weighted by Gasteiger charge is -2.67. The topological polar surface area (TPSA) is 146 Å². The molecule has 3 aromatic heterocycles. The smallest absolute Gasteiger partial charge is 0.321 e. The molecule has 1 aliphatic heterocycles. The zero-order valence-electron chi connectivity index (χ0n) is 21.6. The first-order valence-electron chi connectivity index (χ1n) is 13.6. The maximum atomic E-state index is 13.2. The first kappa shape index (κ1) is 23.3. The highest BCUT2D eigenvalue weighted by Gasteiger charge is 2.63. The lowest BCUT2D eigenvalue weighted by atomic mass is 9.43. The Morgan fingerprint density at radius 1 is 1.29 bits per heavy atom. The number of H-pyrrole nitrogens is 1. The number of carbonyl (C=O) groups is 1. The van der Waals surface area contributed by atoms with E-state index in [4.69, 9.17) is 10.00 Å². The Labute approximate surface area is 220 Å². The number of hydrogen-bond donors (Lipinski definition) is 2. The molecule has 2 N–H and O–H groups in total. The molecule has 11 nitrogen and oxygen atoms in total. The van der Waals surface area contributed by atoms with E-state index in [1.807, 2.05) is 6.07 Å². The van der Waals surface area contributed by atoms with Crippen molar-refractivity contribution in [3.63, 3.8) is 0 Å². The number of rotatable bonds is 7. The van der Waals surface area contributed by atoms with E-state index in [1.54, 1.807) is 6.20 Å². The zero-order valence-corrected chi connectivity index (χ0v) is 21.6. The second-order valence-electron chi connectivity index (χ2n) is 11.6. The summed E-state index contributed by atoms with van der Waals surface area (Å²) in [6.07, 6.45) is 6.45. The second-order valence-corrected chi connectivity index (χ2v) is 11.6. The Balaban J connectivity index is 1.09. The van der Waals surface area contributed by atoms with Gasteiger partial charge in [0.2, 0.25) is 11.8 Å². The number of aromatic nitrogens is 6. The highest BCUT2D eigenvalue weighted by atomic mass is 16.5. The van der Waals surface area contributed by atoms with E-state index in [1.165, 1.54) is 5.56 Å². The molecule has 2 bridgehead atoms. The van der Waals surface area contributed by atoms with Gasteiger partial charge in [-0.2, -0.15) is 25.3 Å². The van der Waals surface area contributed by atoms with Crippen LogP contribution in [0.5, 0.6) is 6.01 Å². The Bertz CT molecular complexity index is 1450. The van der Waals surface area contributed by atoms with E-state index in [2.05, 4.69) is 60.3 Å². The third kappa shape index (κ3) is 3.77. The third-order valence-electron chi connectivity index (χ3n) is 9.38. The number of nitrogens with zero attached hydrogens (tertiary/aromatic N) is 7. The molecule has 1 amide bonds. The summed E-state index contributed by atoms with van der Waals surface area (Å²) < 4.78 is 5.89. The molecule has 4 heterocycles. The van der Waals surface area contributed by atoms with Crippen molar-refractivity contribution in [2.24, 2.45) is 23.7 Å². The molecule has 0 radical (unpaired) electrons. The number of aromatic amines is 1. The maximum absolute atomic E-state index is 13.2. The Kier molecular flexibility index (Phi) is 5.29. The largest absolute Gasteiger partial charge is 0.463 e.